The average molecular weight is 460 g/mol. The van der Waals surface area contributed by atoms with Gasteiger partial charge in [-0.1, -0.05) is 11.6 Å². The third kappa shape index (κ3) is 3.40. The molecule has 0 unspecified atom stereocenters. The summed E-state index contributed by atoms with van der Waals surface area (Å²) in [4.78, 5) is 31.5. The van der Waals surface area contributed by atoms with Crippen LogP contribution in [0.5, 0.6) is 0 Å². The van der Waals surface area contributed by atoms with E-state index in [1.807, 2.05) is 0 Å². The lowest BCUT2D eigenvalue weighted by molar-refractivity contribution is -0.127. The van der Waals surface area contributed by atoms with Gasteiger partial charge in [-0.2, -0.15) is 5.10 Å². The van der Waals surface area contributed by atoms with Crippen molar-refractivity contribution < 1.29 is 18.4 Å². The molecule has 2 aliphatic rings. The number of benzene rings is 1. The number of halogens is 3. The number of nitrogens with zero attached hydrogens (tertiary/aromatic N) is 4. The maximum absolute atomic E-state index is 14.4. The quantitative estimate of drug-likeness (QED) is 0.647. The molecule has 32 heavy (non-hydrogen) atoms. The van der Waals surface area contributed by atoms with Crippen LogP contribution in [0.25, 0.3) is 5.65 Å². The van der Waals surface area contributed by atoms with Gasteiger partial charge in [0.25, 0.3) is 5.91 Å². The molecule has 1 saturated carbocycles. The van der Waals surface area contributed by atoms with E-state index >= 15 is 0 Å². The summed E-state index contributed by atoms with van der Waals surface area (Å²) in [6.07, 6.45) is 7.76. The van der Waals surface area contributed by atoms with E-state index < -0.39 is 17.0 Å². The third-order valence-corrected chi connectivity index (χ3v) is 6.85. The maximum Gasteiger partial charge on any atom is 0.256 e. The molecule has 1 aliphatic heterocycles. The standard InChI is InChI=1S/C22H20ClF2N5O2/c23-16-10-13(24)11-17(25)18(16)29-9-6-22(21(29)32)4-2-14(3-5-22)28-20(31)15-12-27-30-8-1-7-26-19(15)30/h1,7-8,10-12,14H,2-6,9H2,(H,28,31)/t14-,22-. The van der Waals surface area contributed by atoms with Crippen LogP contribution >= 0.6 is 11.6 Å². The molecule has 2 aromatic heterocycles. The predicted octanol–water partition coefficient (Wildman–Crippen LogP) is 3.76. The number of carbonyl (C=O) groups is 2. The number of hydrogen-bond acceptors (Lipinski definition) is 4. The van der Waals surface area contributed by atoms with Crippen molar-refractivity contribution in [1.82, 2.24) is 19.9 Å². The van der Waals surface area contributed by atoms with Gasteiger partial charge < -0.3 is 10.2 Å². The van der Waals surface area contributed by atoms with Crippen molar-refractivity contribution in [2.45, 2.75) is 38.1 Å². The highest BCUT2D eigenvalue weighted by Crippen LogP contribution is 2.47. The van der Waals surface area contributed by atoms with E-state index in [1.165, 1.54) is 15.6 Å². The maximum atomic E-state index is 14.4. The molecule has 3 heterocycles. The lowest BCUT2D eigenvalue weighted by atomic mass is 9.71. The number of aromatic nitrogens is 3. The smallest absolute Gasteiger partial charge is 0.256 e. The number of rotatable bonds is 3. The molecule has 0 radical (unpaired) electrons. The predicted molar refractivity (Wildman–Crippen MR) is 113 cm³/mol. The van der Waals surface area contributed by atoms with E-state index in [-0.39, 0.29) is 28.6 Å². The summed E-state index contributed by atoms with van der Waals surface area (Å²) in [7, 11) is 0. The van der Waals surface area contributed by atoms with Gasteiger partial charge in [-0.15, -0.1) is 0 Å². The second kappa shape index (κ2) is 7.81. The summed E-state index contributed by atoms with van der Waals surface area (Å²) in [5.74, 6) is -2.07. The van der Waals surface area contributed by atoms with E-state index in [9.17, 15) is 18.4 Å². The molecule has 166 valence electrons. The number of anilines is 1. The molecular formula is C22H20ClF2N5O2. The Morgan fingerprint density at radius 3 is 2.75 bits per heavy atom. The second-order valence-electron chi connectivity index (χ2n) is 8.40. The van der Waals surface area contributed by atoms with Gasteiger partial charge in [0.1, 0.15) is 11.4 Å². The Hall–Kier alpha value is -3.07. The molecule has 0 atom stereocenters. The van der Waals surface area contributed by atoms with Gasteiger partial charge in [0.05, 0.1) is 22.3 Å². The van der Waals surface area contributed by atoms with Crippen LogP contribution < -0.4 is 10.2 Å². The van der Waals surface area contributed by atoms with Crippen molar-refractivity contribution in [2.24, 2.45) is 5.41 Å². The van der Waals surface area contributed by atoms with Crippen molar-refractivity contribution in [1.29, 1.82) is 0 Å². The van der Waals surface area contributed by atoms with Crippen LogP contribution in [0.2, 0.25) is 5.02 Å². The highest BCUT2D eigenvalue weighted by molar-refractivity contribution is 6.34. The normalized spacial score (nSPS) is 23.3. The molecule has 2 fully saturated rings. The molecule has 10 heteroatoms. The van der Waals surface area contributed by atoms with E-state index in [0.717, 1.165) is 12.1 Å². The zero-order valence-electron chi connectivity index (χ0n) is 17.0. The minimum absolute atomic E-state index is 0.0639. The van der Waals surface area contributed by atoms with Crippen molar-refractivity contribution in [3.05, 3.63) is 59.0 Å². The van der Waals surface area contributed by atoms with Gasteiger partial charge in [0.2, 0.25) is 5.91 Å². The molecule has 7 nitrogen and oxygen atoms in total. The van der Waals surface area contributed by atoms with Crippen molar-refractivity contribution in [2.75, 3.05) is 11.4 Å². The van der Waals surface area contributed by atoms with Crippen LogP contribution in [0.15, 0.2) is 36.8 Å². The van der Waals surface area contributed by atoms with Crippen molar-refractivity contribution in [3.8, 4) is 0 Å². The molecular weight excluding hydrogens is 440 g/mol. The molecule has 3 aromatic rings. The SMILES string of the molecule is O=C(N[C@H]1CC[C@@]2(CCN(c3c(F)cc(F)cc3Cl)C2=O)CC1)c1cnn2cccnc12. The minimum Gasteiger partial charge on any atom is -0.349 e. The zero-order valence-corrected chi connectivity index (χ0v) is 17.8. The lowest BCUT2D eigenvalue weighted by Crippen LogP contribution is -2.44. The van der Waals surface area contributed by atoms with Gasteiger partial charge in [-0.25, -0.2) is 18.3 Å². The number of fused-ring (bicyclic) bond motifs is 1. The molecule has 5 rings (SSSR count). The first kappa shape index (κ1) is 20.8. The largest absolute Gasteiger partial charge is 0.349 e. The molecule has 1 N–H and O–H groups in total. The summed E-state index contributed by atoms with van der Waals surface area (Å²) in [6, 6.07) is 3.40. The first-order valence-electron chi connectivity index (χ1n) is 10.4. The van der Waals surface area contributed by atoms with E-state index in [4.69, 9.17) is 11.6 Å². The number of hydrogen-bond donors (Lipinski definition) is 1. The highest BCUT2D eigenvalue weighted by Gasteiger charge is 2.49. The molecule has 0 bridgehead atoms. The molecule has 1 saturated heterocycles. The summed E-state index contributed by atoms with van der Waals surface area (Å²) in [5.41, 5.74) is 0.204. The molecule has 2 amide bonds. The molecule has 1 aromatic carbocycles. The van der Waals surface area contributed by atoms with Gasteiger partial charge in [0.15, 0.2) is 11.5 Å². The number of carbonyl (C=O) groups excluding carboxylic acids is 2. The molecule has 1 aliphatic carbocycles. The number of amides is 2. The Bertz CT molecular complexity index is 1200. The zero-order chi connectivity index (χ0) is 22.5. The van der Waals surface area contributed by atoms with Gasteiger partial charge >= 0.3 is 0 Å². The molecule has 1 spiro atoms. The third-order valence-electron chi connectivity index (χ3n) is 6.57. The van der Waals surface area contributed by atoms with Crippen molar-refractivity contribution in [3.63, 3.8) is 0 Å². The van der Waals surface area contributed by atoms with E-state index in [2.05, 4.69) is 15.4 Å². The number of nitrogens with one attached hydrogen (secondary N) is 1. The Kier molecular flexibility index (Phi) is 5.08. The fourth-order valence-corrected chi connectivity index (χ4v) is 5.15. The first-order chi connectivity index (χ1) is 15.4. The van der Waals surface area contributed by atoms with E-state index in [1.54, 1.807) is 18.5 Å². The van der Waals surface area contributed by atoms with Crippen LogP contribution in [-0.2, 0) is 4.79 Å². The van der Waals surface area contributed by atoms with Crippen LogP contribution in [0.1, 0.15) is 42.5 Å². The Balaban J connectivity index is 1.26. The minimum atomic E-state index is -0.844. The van der Waals surface area contributed by atoms with Crippen LogP contribution in [0.4, 0.5) is 14.5 Å². The summed E-state index contributed by atoms with van der Waals surface area (Å²) >= 11 is 6.04. The van der Waals surface area contributed by atoms with Gasteiger partial charge in [-0.05, 0) is 44.2 Å². The fourth-order valence-electron chi connectivity index (χ4n) is 4.86. The lowest BCUT2D eigenvalue weighted by Gasteiger charge is -2.36. The second-order valence-corrected chi connectivity index (χ2v) is 8.81. The van der Waals surface area contributed by atoms with Crippen LogP contribution in [-0.4, -0.2) is 39.0 Å². The average Bonchev–Trinajstić information content (AvgIpc) is 3.32. The topological polar surface area (TPSA) is 79.6 Å². The highest BCUT2D eigenvalue weighted by atomic mass is 35.5. The van der Waals surface area contributed by atoms with Crippen LogP contribution in [0.3, 0.4) is 0 Å². The van der Waals surface area contributed by atoms with E-state index in [0.29, 0.717) is 49.9 Å². The van der Waals surface area contributed by atoms with Crippen LogP contribution in [0, 0.1) is 17.0 Å². The van der Waals surface area contributed by atoms with Gasteiger partial charge in [0, 0.05) is 31.0 Å². The summed E-state index contributed by atoms with van der Waals surface area (Å²) in [5, 5.41) is 7.04. The van der Waals surface area contributed by atoms with Gasteiger partial charge in [-0.3, -0.25) is 9.59 Å². The Labute approximate surface area is 187 Å². The summed E-state index contributed by atoms with van der Waals surface area (Å²) < 4.78 is 29.3. The fraction of sp³-hybridized carbons (Fsp3) is 0.364. The summed E-state index contributed by atoms with van der Waals surface area (Å²) in [6.45, 7) is 0.326. The van der Waals surface area contributed by atoms with Crippen molar-refractivity contribution >= 4 is 34.7 Å². The Morgan fingerprint density at radius 1 is 1.22 bits per heavy atom. The monoisotopic (exact) mass is 459 g/mol. The first-order valence-corrected chi connectivity index (χ1v) is 10.8. The Morgan fingerprint density at radius 2 is 2.00 bits per heavy atom.